The molecule has 0 bridgehead atoms. The Kier molecular flexibility index (Phi) is 5.20. The smallest absolute Gasteiger partial charge is 0.0787 e. The molecule has 0 aliphatic carbocycles. The van der Waals surface area contributed by atoms with Crippen LogP contribution in [-0.2, 0) is 0 Å². The van der Waals surface area contributed by atoms with Gasteiger partial charge in [-0.2, -0.15) is 0 Å². The molecule has 1 rings (SSSR count). The Balaban J connectivity index is 2.56. The van der Waals surface area contributed by atoms with Crippen molar-refractivity contribution in [2.24, 2.45) is 5.92 Å². The molecule has 0 unspecified atom stereocenters. The van der Waals surface area contributed by atoms with Gasteiger partial charge >= 0.3 is 0 Å². The summed E-state index contributed by atoms with van der Waals surface area (Å²) in [6.07, 6.45) is 0.465. The third-order valence-corrected chi connectivity index (χ3v) is 3.67. The van der Waals surface area contributed by atoms with Gasteiger partial charge in [-0.05, 0) is 30.0 Å². The van der Waals surface area contributed by atoms with Gasteiger partial charge in [0.05, 0.1) is 6.10 Å². The van der Waals surface area contributed by atoms with Crippen LogP contribution in [0, 0.1) is 5.92 Å². The molecule has 15 heavy (non-hydrogen) atoms. The fourth-order valence-electron chi connectivity index (χ4n) is 1.28. The molecule has 0 aliphatic rings. The largest absolute Gasteiger partial charge is 0.388 e. The zero-order chi connectivity index (χ0) is 11.3. The normalized spacial score (nSPS) is 13.1. The molecule has 1 N–H and O–H groups in total. The molecule has 0 radical (unpaired) electrons. The number of rotatable bonds is 5. The number of hydrogen-bond donors (Lipinski definition) is 1. The molecule has 0 amide bonds. The van der Waals surface area contributed by atoms with Crippen LogP contribution in [0.3, 0.4) is 0 Å². The Hall–Kier alpha value is -0.470. The van der Waals surface area contributed by atoms with Crippen LogP contribution in [0.15, 0.2) is 29.2 Å². The summed E-state index contributed by atoms with van der Waals surface area (Å²) in [4.78, 5) is 1.29. The van der Waals surface area contributed by atoms with Crippen LogP contribution in [0.2, 0.25) is 0 Å². The molecule has 1 nitrogen and oxygen atoms in total. The summed E-state index contributed by atoms with van der Waals surface area (Å²) in [5.74, 6) is 1.87. The van der Waals surface area contributed by atoms with E-state index in [-0.39, 0.29) is 6.10 Å². The van der Waals surface area contributed by atoms with Gasteiger partial charge in [-0.25, -0.2) is 0 Å². The molecule has 0 aromatic heterocycles. The van der Waals surface area contributed by atoms with Crippen molar-refractivity contribution in [1.82, 2.24) is 0 Å². The third-order valence-electron chi connectivity index (χ3n) is 2.23. The van der Waals surface area contributed by atoms with E-state index in [1.54, 1.807) is 0 Å². The molecule has 0 heterocycles. The lowest BCUT2D eigenvalue weighted by atomic mass is 10.1. The van der Waals surface area contributed by atoms with Crippen LogP contribution in [0.5, 0.6) is 0 Å². The second-order valence-electron chi connectivity index (χ2n) is 4.20. The predicted molar refractivity (Wildman–Crippen MR) is 67.3 cm³/mol. The molecule has 1 atom stereocenters. The lowest BCUT2D eigenvalue weighted by Gasteiger charge is -2.09. The van der Waals surface area contributed by atoms with Crippen LogP contribution in [0.4, 0.5) is 0 Å². The summed E-state index contributed by atoms with van der Waals surface area (Å²) in [6, 6.07) is 8.25. The van der Waals surface area contributed by atoms with Gasteiger partial charge in [0.2, 0.25) is 0 Å². The van der Waals surface area contributed by atoms with Crippen molar-refractivity contribution < 1.29 is 5.11 Å². The SMILES string of the molecule is CC[C@H](O)c1ccc(SCC(C)C)cc1. The molecule has 2 heteroatoms. The van der Waals surface area contributed by atoms with E-state index in [0.29, 0.717) is 0 Å². The van der Waals surface area contributed by atoms with Crippen LogP contribution in [-0.4, -0.2) is 10.9 Å². The average molecular weight is 224 g/mol. The molecule has 1 aromatic carbocycles. The van der Waals surface area contributed by atoms with Crippen molar-refractivity contribution in [3.8, 4) is 0 Å². The highest BCUT2D eigenvalue weighted by atomic mass is 32.2. The second-order valence-corrected chi connectivity index (χ2v) is 5.29. The number of aliphatic hydroxyl groups is 1. The predicted octanol–water partition coefficient (Wildman–Crippen LogP) is 3.88. The summed E-state index contributed by atoms with van der Waals surface area (Å²) >= 11 is 1.87. The summed E-state index contributed by atoms with van der Waals surface area (Å²) in [5, 5.41) is 9.63. The number of aliphatic hydroxyl groups excluding tert-OH is 1. The van der Waals surface area contributed by atoms with E-state index in [0.717, 1.165) is 23.7 Å². The van der Waals surface area contributed by atoms with Gasteiger partial charge in [-0.3, -0.25) is 0 Å². The summed E-state index contributed by atoms with van der Waals surface area (Å²) < 4.78 is 0. The van der Waals surface area contributed by atoms with Crippen molar-refractivity contribution in [3.05, 3.63) is 29.8 Å². The Morgan fingerprint density at radius 1 is 1.20 bits per heavy atom. The first-order valence-electron chi connectivity index (χ1n) is 5.54. The Morgan fingerprint density at radius 3 is 2.27 bits per heavy atom. The van der Waals surface area contributed by atoms with Crippen LogP contribution >= 0.6 is 11.8 Å². The zero-order valence-electron chi connectivity index (χ0n) is 9.73. The van der Waals surface area contributed by atoms with Crippen LogP contribution < -0.4 is 0 Å². The first kappa shape index (κ1) is 12.6. The Bertz CT molecular complexity index is 279. The zero-order valence-corrected chi connectivity index (χ0v) is 10.6. The molecular weight excluding hydrogens is 204 g/mol. The highest BCUT2D eigenvalue weighted by Crippen LogP contribution is 2.23. The average Bonchev–Trinajstić information content (AvgIpc) is 2.26. The van der Waals surface area contributed by atoms with E-state index < -0.39 is 0 Å². The van der Waals surface area contributed by atoms with Gasteiger partial charge in [-0.15, -0.1) is 11.8 Å². The Morgan fingerprint density at radius 2 is 1.80 bits per heavy atom. The topological polar surface area (TPSA) is 20.2 Å². The summed E-state index contributed by atoms with van der Waals surface area (Å²) in [6.45, 7) is 6.44. The highest BCUT2D eigenvalue weighted by Gasteiger charge is 2.04. The fraction of sp³-hybridized carbons (Fsp3) is 0.538. The van der Waals surface area contributed by atoms with Gasteiger partial charge in [0.15, 0.2) is 0 Å². The maximum Gasteiger partial charge on any atom is 0.0787 e. The van der Waals surface area contributed by atoms with Crippen molar-refractivity contribution in [1.29, 1.82) is 0 Å². The first-order chi connectivity index (χ1) is 7.13. The van der Waals surface area contributed by atoms with E-state index in [2.05, 4.69) is 26.0 Å². The van der Waals surface area contributed by atoms with Crippen LogP contribution in [0.1, 0.15) is 38.9 Å². The third kappa shape index (κ3) is 4.27. The van der Waals surface area contributed by atoms with Gasteiger partial charge in [0.1, 0.15) is 0 Å². The van der Waals surface area contributed by atoms with E-state index in [4.69, 9.17) is 0 Å². The molecule has 0 saturated heterocycles. The lowest BCUT2D eigenvalue weighted by molar-refractivity contribution is 0.173. The summed E-state index contributed by atoms with van der Waals surface area (Å²) in [7, 11) is 0. The van der Waals surface area contributed by atoms with E-state index in [9.17, 15) is 5.11 Å². The quantitative estimate of drug-likeness (QED) is 0.766. The van der Waals surface area contributed by atoms with Gasteiger partial charge in [0, 0.05) is 10.6 Å². The molecule has 0 saturated carbocycles. The monoisotopic (exact) mass is 224 g/mol. The van der Waals surface area contributed by atoms with Crippen molar-refractivity contribution in [2.45, 2.75) is 38.2 Å². The molecule has 0 aliphatic heterocycles. The van der Waals surface area contributed by atoms with E-state index in [1.807, 2.05) is 30.8 Å². The standard InChI is InChI=1S/C13H20OS/c1-4-13(14)11-5-7-12(8-6-11)15-9-10(2)3/h5-8,10,13-14H,4,9H2,1-3H3/t13-/m0/s1. The lowest BCUT2D eigenvalue weighted by Crippen LogP contribution is -1.94. The maximum atomic E-state index is 9.63. The molecule has 84 valence electrons. The Labute approximate surface area is 96.9 Å². The van der Waals surface area contributed by atoms with Gasteiger partial charge < -0.3 is 5.11 Å². The van der Waals surface area contributed by atoms with Crippen molar-refractivity contribution in [3.63, 3.8) is 0 Å². The van der Waals surface area contributed by atoms with Gasteiger partial charge in [-0.1, -0.05) is 32.9 Å². The molecule has 0 fully saturated rings. The van der Waals surface area contributed by atoms with Gasteiger partial charge in [0.25, 0.3) is 0 Å². The number of thioether (sulfide) groups is 1. The molecular formula is C13H20OS. The van der Waals surface area contributed by atoms with E-state index >= 15 is 0 Å². The maximum absolute atomic E-state index is 9.63. The fourth-order valence-corrected chi connectivity index (χ4v) is 2.14. The molecule has 1 aromatic rings. The van der Waals surface area contributed by atoms with E-state index in [1.165, 1.54) is 4.90 Å². The minimum atomic E-state index is -0.311. The first-order valence-corrected chi connectivity index (χ1v) is 6.52. The summed E-state index contributed by atoms with van der Waals surface area (Å²) in [5.41, 5.74) is 1.02. The number of hydrogen-bond acceptors (Lipinski definition) is 2. The molecule has 0 spiro atoms. The minimum absolute atomic E-state index is 0.311. The van der Waals surface area contributed by atoms with Crippen LogP contribution in [0.25, 0.3) is 0 Å². The minimum Gasteiger partial charge on any atom is -0.388 e. The highest BCUT2D eigenvalue weighted by molar-refractivity contribution is 7.99. The second kappa shape index (κ2) is 6.19. The van der Waals surface area contributed by atoms with Crippen molar-refractivity contribution >= 4 is 11.8 Å². The van der Waals surface area contributed by atoms with Crippen molar-refractivity contribution in [2.75, 3.05) is 5.75 Å². The number of benzene rings is 1.